The van der Waals surface area contributed by atoms with Gasteiger partial charge in [0, 0.05) is 6.20 Å². The number of benzene rings is 1. The molecule has 1 heterocycles. The molecule has 0 radical (unpaired) electrons. The van der Waals surface area contributed by atoms with Crippen LogP contribution in [0.4, 0.5) is 0 Å². The van der Waals surface area contributed by atoms with Gasteiger partial charge in [-0.25, -0.2) is 0 Å². The summed E-state index contributed by atoms with van der Waals surface area (Å²) >= 11 is 4.75. The Morgan fingerprint density at radius 1 is 1.07 bits per heavy atom. The first-order valence-electron chi connectivity index (χ1n) is 3.97. The maximum absolute atomic E-state index is 4.22. The molecule has 0 spiro atoms. The van der Waals surface area contributed by atoms with Crippen molar-refractivity contribution in [2.75, 3.05) is 0 Å². The fourth-order valence-corrected chi connectivity index (χ4v) is 1.07. The van der Waals surface area contributed by atoms with Gasteiger partial charge in [0.15, 0.2) is 0 Å². The van der Waals surface area contributed by atoms with Crippen LogP contribution in [-0.4, -0.2) is 4.98 Å². The summed E-state index contributed by atoms with van der Waals surface area (Å²) < 4.78 is 0. The first kappa shape index (κ1) is 14.5. The Morgan fingerprint density at radius 3 is 2.33 bits per heavy atom. The maximum atomic E-state index is 4.22. The van der Waals surface area contributed by atoms with Gasteiger partial charge in [-0.3, -0.25) is 0 Å². The van der Waals surface area contributed by atoms with E-state index in [4.69, 9.17) is 0 Å². The van der Waals surface area contributed by atoms with Crippen LogP contribution in [0.3, 0.4) is 0 Å². The first-order chi connectivity index (χ1) is 6.97. The Bertz CT molecular complexity index is 313. The topological polar surface area (TPSA) is 12.9 Å². The van der Waals surface area contributed by atoms with Gasteiger partial charge < -0.3 is 12.4 Å². The van der Waals surface area contributed by atoms with Crippen LogP contribution in [-0.2, 0) is 16.9 Å². The smallest absolute Gasteiger partial charge is 0.0160 e. The third kappa shape index (κ3) is 4.69. The second-order valence-corrected chi connectivity index (χ2v) is 2.49. The molecule has 80 valence electrons. The molecule has 0 amide bonds. The van der Waals surface area contributed by atoms with E-state index < -0.39 is 0 Å². The molecule has 0 saturated carbocycles. The Kier molecular flexibility index (Phi) is 8.49. The predicted octanol–water partition coefficient (Wildman–Crippen LogP) is 3.84. The number of aromatic nitrogens is 1. The average molecular weight is 441 g/mol. The van der Waals surface area contributed by atoms with Crippen LogP contribution >= 0.6 is 13.5 Å². The molecule has 15 heavy (non-hydrogen) atoms. The first-order valence-corrected chi connectivity index (χ1v) is 9.21. The minimum Gasteiger partial charge on any atom is -0.358 e. The monoisotopic (exact) mass is 441 g/mol. The molecule has 0 saturated heterocycles. The van der Waals surface area contributed by atoms with Crippen molar-refractivity contribution in [3.8, 4) is 11.3 Å². The summed E-state index contributed by atoms with van der Waals surface area (Å²) in [5.41, 5.74) is 2.01. The van der Waals surface area contributed by atoms with Gasteiger partial charge >= 0.3 is 30.4 Å². The Balaban J connectivity index is 0.000000617. The molecule has 0 unspecified atom stereocenters. The van der Waals surface area contributed by atoms with Gasteiger partial charge in [-0.15, -0.1) is 35.9 Å². The summed E-state index contributed by atoms with van der Waals surface area (Å²) in [5, 5.41) is 0. The molecule has 1 aromatic heterocycles. The molecule has 0 aliphatic carbocycles. The SMILES string of the molecule is [Br][Ir+2].[CH3-].[c-]1ccccc1-c1ccccn1. The Morgan fingerprint density at radius 2 is 1.80 bits per heavy atom. The molecule has 3 heteroatoms. The summed E-state index contributed by atoms with van der Waals surface area (Å²) in [6.45, 7) is 0. The largest absolute Gasteiger partial charge is 0.358 e. The van der Waals surface area contributed by atoms with Crippen LogP contribution in [0.2, 0.25) is 0 Å². The van der Waals surface area contributed by atoms with Gasteiger partial charge in [0.1, 0.15) is 0 Å². The Hall–Kier alpha value is -0.501. The molecule has 2 aromatic rings. The van der Waals surface area contributed by atoms with Gasteiger partial charge in [-0.2, -0.15) is 0 Å². The average Bonchev–Trinajstić information content (AvgIpc) is 2.34. The molecule has 2 rings (SSSR count). The molecule has 0 N–H and O–H groups in total. The van der Waals surface area contributed by atoms with Crippen LogP contribution in [0.5, 0.6) is 0 Å². The molecule has 0 atom stereocenters. The van der Waals surface area contributed by atoms with Gasteiger partial charge in [-0.05, 0) is 11.8 Å². The van der Waals surface area contributed by atoms with E-state index in [1.54, 1.807) is 6.20 Å². The van der Waals surface area contributed by atoms with E-state index in [1.165, 1.54) is 0 Å². The fraction of sp³-hybridized carbons (Fsp3) is 0. The molecule has 0 fully saturated rings. The van der Waals surface area contributed by atoms with Crippen LogP contribution < -0.4 is 0 Å². The van der Waals surface area contributed by atoms with E-state index in [0.29, 0.717) is 0 Å². The van der Waals surface area contributed by atoms with Crippen molar-refractivity contribution in [1.29, 1.82) is 0 Å². The zero-order chi connectivity index (χ0) is 10.2. The second-order valence-electron chi connectivity index (χ2n) is 2.49. The third-order valence-electron chi connectivity index (χ3n) is 1.65. The van der Waals surface area contributed by atoms with Crippen molar-refractivity contribution in [3.05, 3.63) is 62.2 Å². The van der Waals surface area contributed by atoms with Crippen LogP contribution in [0, 0.1) is 13.5 Å². The number of hydrogen-bond donors (Lipinski definition) is 0. The van der Waals surface area contributed by atoms with Gasteiger partial charge in [0.05, 0.1) is 0 Å². The van der Waals surface area contributed by atoms with Crippen molar-refractivity contribution >= 4 is 13.5 Å². The van der Waals surface area contributed by atoms with Crippen LogP contribution in [0.1, 0.15) is 0 Å². The summed E-state index contributed by atoms with van der Waals surface area (Å²) in [4.78, 5) is 4.22. The number of rotatable bonds is 1. The molecule has 0 aliphatic heterocycles. The third-order valence-corrected chi connectivity index (χ3v) is 1.65. The molecular formula is C12H11BrIrN. The summed E-state index contributed by atoms with van der Waals surface area (Å²) in [6, 6.07) is 16.8. The zero-order valence-electron chi connectivity index (χ0n) is 8.28. The molecule has 0 bridgehead atoms. The van der Waals surface area contributed by atoms with Gasteiger partial charge in [0.25, 0.3) is 0 Å². The van der Waals surface area contributed by atoms with Crippen molar-refractivity contribution in [2.24, 2.45) is 0 Å². The predicted molar refractivity (Wildman–Crippen MR) is 63.9 cm³/mol. The van der Waals surface area contributed by atoms with Crippen LogP contribution in [0.25, 0.3) is 11.3 Å². The van der Waals surface area contributed by atoms with Gasteiger partial charge in [0.2, 0.25) is 0 Å². The van der Waals surface area contributed by atoms with Crippen molar-refractivity contribution in [3.63, 3.8) is 0 Å². The summed E-state index contributed by atoms with van der Waals surface area (Å²) in [6.07, 6.45) is 1.79. The van der Waals surface area contributed by atoms with E-state index in [1.807, 2.05) is 59.4 Å². The Labute approximate surface area is 108 Å². The normalized spacial score (nSPS) is 8.13. The van der Waals surface area contributed by atoms with Crippen molar-refractivity contribution < 1.29 is 16.9 Å². The molecular weight excluding hydrogens is 430 g/mol. The fourth-order valence-electron chi connectivity index (χ4n) is 1.07. The number of nitrogens with zero attached hydrogens (tertiary/aromatic N) is 1. The number of halogens is 1. The minimum atomic E-state index is 0. The molecule has 1 nitrogen and oxygen atoms in total. The van der Waals surface area contributed by atoms with Gasteiger partial charge in [-0.1, -0.05) is 12.1 Å². The second kappa shape index (κ2) is 8.78. The van der Waals surface area contributed by atoms with E-state index in [0.717, 1.165) is 11.3 Å². The van der Waals surface area contributed by atoms with Crippen LogP contribution in [0.15, 0.2) is 48.7 Å². The standard InChI is InChI=1S/C11H8N.CH3.BrH.Ir/c1-2-6-10(7-3-1)11-8-4-5-9-12-11;;;/h1-6,8-9H;1H3;1H;/q2*-1;;+3/p-1. The number of hydrogen-bond acceptors (Lipinski definition) is 1. The maximum Gasteiger partial charge on any atom is 0.0160 e. The molecule has 1 aromatic carbocycles. The number of pyridine rings is 1. The minimum absolute atomic E-state index is 0. The van der Waals surface area contributed by atoms with E-state index in [2.05, 4.69) is 24.5 Å². The molecule has 0 aliphatic rings. The van der Waals surface area contributed by atoms with Crippen molar-refractivity contribution in [2.45, 2.75) is 0 Å². The quantitative estimate of drug-likeness (QED) is 0.613. The summed E-state index contributed by atoms with van der Waals surface area (Å²) in [7, 11) is 0. The summed E-state index contributed by atoms with van der Waals surface area (Å²) in [5.74, 6) is 0. The zero-order valence-corrected chi connectivity index (χ0v) is 12.3. The van der Waals surface area contributed by atoms with E-state index >= 15 is 0 Å². The van der Waals surface area contributed by atoms with E-state index in [-0.39, 0.29) is 7.43 Å². The van der Waals surface area contributed by atoms with E-state index in [9.17, 15) is 0 Å². The van der Waals surface area contributed by atoms with Crippen molar-refractivity contribution in [1.82, 2.24) is 4.98 Å².